The number of hydrogen-bond donors (Lipinski definition) is 0. The fourth-order valence-electron chi connectivity index (χ4n) is 3.84. The predicted octanol–water partition coefficient (Wildman–Crippen LogP) is 4.88. The van der Waals surface area contributed by atoms with Crippen LogP contribution < -0.4 is 10.3 Å². The fraction of sp³-hybridized carbons (Fsp3) is 0.0769. The molecule has 0 aliphatic rings. The summed E-state index contributed by atoms with van der Waals surface area (Å²) in [7, 11) is -2.43. The van der Waals surface area contributed by atoms with Crippen molar-refractivity contribution < 1.29 is 17.5 Å². The number of ether oxygens (including phenoxy) is 1. The Hall–Kier alpha value is -4.24. The largest absolute Gasteiger partial charge is 0.456 e. The van der Waals surface area contributed by atoms with Crippen LogP contribution in [0.15, 0.2) is 95.1 Å². The third-order valence-electron chi connectivity index (χ3n) is 5.64. The number of hydrogen-bond acceptors (Lipinski definition) is 5. The molecule has 5 aromatic rings. The fourth-order valence-corrected chi connectivity index (χ4v) is 5.19. The van der Waals surface area contributed by atoms with E-state index in [2.05, 4.69) is 4.98 Å². The molecule has 0 aliphatic carbocycles. The summed E-state index contributed by atoms with van der Waals surface area (Å²) in [5.41, 5.74) is 1.74. The van der Waals surface area contributed by atoms with Crippen molar-refractivity contribution in [2.24, 2.45) is 7.05 Å². The minimum Gasteiger partial charge on any atom is -0.456 e. The summed E-state index contributed by atoms with van der Waals surface area (Å²) in [5.74, 6) is 0.469. The summed E-state index contributed by atoms with van der Waals surface area (Å²) in [5, 5.41) is 0.463. The third-order valence-corrected chi connectivity index (χ3v) is 7.33. The maximum absolute atomic E-state index is 13.4. The van der Waals surface area contributed by atoms with Crippen LogP contribution in [0.5, 0.6) is 11.5 Å². The number of pyridine rings is 2. The molecule has 9 heteroatoms. The summed E-state index contributed by atoms with van der Waals surface area (Å²) in [6.45, 7) is 1.87. The normalized spacial score (nSPS) is 11.6. The van der Waals surface area contributed by atoms with Gasteiger partial charge in [0, 0.05) is 42.2 Å². The van der Waals surface area contributed by atoms with Gasteiger partial charge in [-0.1, -0.05) is 17.7 Å². The summed E-state index contributed by atoms with van der Waals surface area (Å²) in [6.07, 6.45) is 6.13. The first-order chi connectivity index (χ1) is 16.7. The molecule has 0 aliphatic heterocycles. The highest BCUT2D eigenvalue weighted by Gasteiger charge is 2.23. The van der Waals surface area contributed by atoms with E-state index in [0.717, 1.165) is 9.54 Å². The summed E-state index contributed by atoms with van der Waals surface area (Å²) in [6, 6.07) is 15.4. The second-order valence-electron chi connectivity index (χ2n) is 8.12. The van der Waals surface area contributed by atoms with E-state index in [0.29, 0.717) is 28.0 Å². The lowest BCUT2D eigenvalue weighted by molar-refractivity contribution is 0.478. The number of rotatable bonds is 5. The second-order valence-corrected chi connectivity index (χ2v) is 9.93. The van der Waals surface area contributed by atoms with E-state index < -0.39 is 15.6 Å². The first kappa shape index (κ1) is 22.5. The van der Waals surface area contributed by atoms with Crippen LogP contribution >= 0.6 is 0 Å². The SMILES string of the molecule is Cc1ccc(S(=O)(=O)n2ccc3c(-c4cncc(Oc5ccc(F)cc5)c4)cn(C)c(=O)c32)cc1. The maximum Gasteiger partial charge on any atom is 0.275 e. The van der Waals surface area contributed by atoms with Crippen molar-refractivity contribution in [3.8, 4) is 22.6 Å². The molecule has 0 N–H and O–H groups in total. The van der Waals surface area contributed by atoms with Crippen molar-refractivity contribution in [3.05, 3.63) is 107 Å². The average molecular weight is 490 g/mol. The smallest absolute Gasteiger partial charge is 0.275 e. The molecular weight excluding hydrogens is 469 g/mol. The van der Waals surface area contributed by atoms with E-state index in [9.17, 15) is 17.6 Å². The molecule has 0 bridgehead atoms. The van der Waals surface area contributed by atoms with Gasteiger partial charge in [0.1, 0.15) is 22.8 Å². The zero-order valence-corrected chi connectivity index (χ0v) is 19.7. The van der Waals surface area contributed by atoms with Crippen LogP contribution in [0.25, 0.3) is 22.0 Å². The van der Waals surface area contributed by atoms with E-state index in [4.69, 9.17) is 4.74 Å². The van der Waals surface area contributed by atoms with E-state index in [1.54, 1.807) is 43.7 Å². The van der Waals surface area contributed by atoms with Crippen LogP contribution in [-0.4, -0.2) is 21.9 Å². The second kappa shape index (κ2) is 8.52. The highest BCUT2D eigenvalue weighted by Crippen LogP contribution is 2.32. The van der Waals surface area contributed by atoms with Gasteiger partial charge in [-0.3, -0.25) is 9.78 Å². The van der Waals surface area contributed by atoms with E-state index >= 15 is 0 Å². The van der Waals surface area contributed by atoms with Gasteiger partial charge in [-0.05, 0) is 55.5 Å². The van der Waals surface area contributed by atoms with Crippen molar-refractivity contribution in [2.75, 3.05) is 0 Å². The number of fused-ring (bicyclic) bond motifs is 1. The molecule has 0 atom stereocenters. The van der Waals surface area contributed by atoms with Crippen molar-refractivity contribution in [1.82, 2.24) is 13.5 Å². The number of halogens is 1. The number of nitrogens with zero attached hydrogens (tertiary/aromatic N) is 3. The topological polar surface area (TPSA) is 83.2 Å². The highest BCUT2D eigenvalue weighted by molar-refractivity contribution is 7.90. The van der Waals surface area contributed by atoms with Gasteiger partial charge in [-0.25, -0.2) is 16.8 Å². The molecule has 0 spiro atoms. The average Bonchev–Trinajstić information content (AvgIpc) is 3.30. The van der Waals surface area contributed by atoms with Gasteiger partial charge in [-0.15, -0.1) is 0 Å². The molecule has 0 fully saturated rings. The van der Waals surface area contributed by atoms with Crippen molar-refractivity contribution >= 4 is 20.9 Å². The zero-order valence-electron chi connectivity index (χ0n) is 18.8. The van der Waals surface area contributed by atoms with E-state index in [-0.39, 0.29) is 16.2 Å². The summed E-state index contributed by atoms with van der Waals surface area (Å²) in [4.78, 5) is 17.4. The number of aromatic nitrogens is 3. The Morgan fingerprint density at radius 2 is 1.66 bits per heavy atom. The van der Waals surface area contributed by atoms with Crippen LogP contribution in [0.2, 0.25) is 0 Å². The van der Waals surface area contributed by atoms with Gasteiger partial charge in [0.2, 0.25) is 0 Å². The minimum absolute atomic E-state index is 0.0374. The number of benzene rings is 2. The van der Waals surface area contributed by atoms with Gasteiger partial charge < -0.3 is 9.30 Å². The van der Waals surface area contributed by atoms with Crippen LogP contribution in [0.3, 0.4) is 0 Å². The first-order valence-electron chi connectivity index (χ1n) is 10.7. The Bertz CT molecular complexity index is 1720. The van der Waals surface area contributed by atoms with Crippen LogP contribution in [0.4, 0.5) is 4.39 Å². The highest BCUT2D eigenvalue weighted by atomic mass is 32.2. The molecule has 7 nitrogen and oxygen atoms in total. The molecule has 3 aromatic heterocycles. The molecule has 0 saturated heterocycles. The Labute approximate surface area is 200 Å². The van der Waals surface area contributed by atoms with Crippen LogP contribution in [-0.2, 0) is 17.1 Å². The van der Waals surface area contributed by atoms with Gasteiger partial charge in [0.25, 0.3) is 15.6 Å². The van der Waals surface area contributed by atoms with Crippen LogP contribution in [0.1, 0.15) is 5.56 Å². The lowest BCUT2D eigenvalue weighted by Crippen LogP contribution is -2.22. The lowest BCUT2D eigenvalue weighted by atomic mass is 10.1. The quantitative estimate of drug-likeness (QED) is 0.351. The molecule has 5 rings (SSSR count). The van der Waals surface area contributed by atoms with E-state index in [1.807, 2.05) is 6.92 Å². The molecule has 0 radical (unpaired) electrons. The zero-order chi connectivity index (χ0) is 24.7. The molecule has 176 valence electrons. The summed E-state index contributed by atoms with van der Waals surface area (Å²) >= 11 is 0. The third kappa shape index (κ3) is 4.10. The molecule has 0 unspecified atom stereocenters. The molecule has 0 saturated carbocycles. The monoisotopic (exact) mass is 489 g/mol. The molecule has 3 heterocycles. The Kier molecular flexibility index (Phi) is 5.49. The van der Waals surface area contributed by atoms with Crippen molar-refractivity contribution in [1.29, 1.82) is 0 Å². The Morgan fingerprint density at radius 3 is 2.37 bits per heavy atom. The lowest BCUT2D eigenvalue weighted by Gasteiger charge is -2.12. The maximum atomic E-state index is 13.4. The van der Waals surface area contributed by atoms with Gasteiger partial charge in [0.05, 0.1) is 11.1 Å². The van der Waals surface area contributed by atoms with Crippen molar-refractivity contribution in [2.45, 2.75) is 11.8 Å². The van der Waals surface area contributed by atoms with Gasteiger partial charge in [-0.2, -0.15) is 0 Å². The first-order valence-corrected chi connectivity index (χ1v) is 12.1. The molecule has 2 aromatic carbocycles. The summed E-state index contributed by atoms with van der Waals surface area (Å²) < 4.78 is 48.1. The molecular formula is C26H20FN3O4S. The molecule has 0 amide bonds. The van der Waals surface area contributed by atoms with Gasteiger partial charge >= 0.3 is 0 Å². The van der Waals surface area contributed by atoms with Crippen molar-refractivity contribution in [3.63, 3.8) is 0 Å². The standard InChI is InChI=1S/C26H20FN3O4S/c1-17-3-9-22(10-4-17)35(32,33)30-12-11-23-24(16-29(2)26(31)25(23)30)18-13-21(15-28-14-18)34-20-7-5-19(27)6-8-20/h3-16H,1-2H3. The van der Waals surface area contributed by atoms with Crippen LogP contribution in [0, 0.1) is 12.7 Å². The Morgan fingerprint density at radius 1 is 0.943 bits per heavy atom. The molecule has 35 heavy (non-hydrogen) atoms. The predicted molar refractivity (Wildman–Crippen MR) is 131 cm³/mol. The number of aryl methyl sites for hydroxylation is 2. The minimum atomic E-state index is -4.00. The van der Waals surface area contributed by atoms with E-state index in [1.165, 1.54) is 53.4 Å². The van der Waals surface area contributed by atoms with Gasteiger partial charge in [0.15, 0.2) is 0 Å². The Balaban J connectivity index is 1.63.